The van der Waals surface area contributed by atoms with Crippen molar-refractivity contribution < 1.29 is 19.8 Å². The van der Waals surface area contributed by atoms with Crippen LogP contribution in [0.1, 0.15) is 0 Å². The van der Waals surface area contributed by atoms with E-state index in [0.717, 1.165) is 4.90 Å². The van der Waals surface area contributed by atoms with Gasteiger partial charge in [-0.15, -0.1) is 20.2 Å². The fourth-order valence-electron chi connectivity index (χ4n) is 1.07. The smallest absolute Gasteiger partial charge is 0.294 e. The molecule has 0 radical (unpaired) electrons. The first kappa shape index (κ1) is 16.7. The van der Waals surface area contributed by atoms with Crippen molar-refractivity contribution in [3.8, 4) is 0 Å². The Morgan fingerprint density at radius 3 is 2.65 bits per heavy atom. The van der Waals surface area contributed by atoms with Gasteiger partial charge < -0.3 is 9.68 Å². The van der Waals surface area contributed by atoms with Gasteiger partial charge in [-0.3, -0.25) is 0 Å². The van der Waals surface area contributed by atoms with Gasteiger partial charge in [-0.05, 0) is 18.2 Å². The molecule has 0 aliphatic rings. The van der Waals surface area contributed by atoms with E-state index in [2.05, 4.69) is 9.68 Å². The molecule has 110 valence electrons. The highest BCUT2D eigenvalue weighted by molar-refractivity contribution is 8.76. The fourth-order valence-corrected chi connectivity index (χ4v) is 3.53. The molecule has 0 aliphatic heterocycles. The van der Waals surface area contributed by atoms with Gasteiger partial charge in [0.15, 0.2) is 0 Å². The zero-order valence-corrected chi connectivity index (χ0v) is 12.2. The lowest BCUT2D eigenvalue weighted by atomic mass is 10.4. The second-order valence-corrected chi connectivity index (χ2v) is 6.15. The number of hydrogen-bond donors (Lipinski definition) is 0. The van der Waals surface area contributed by atoms with Crippen molar-refractivity contribution >= 4 is 33.2 Å². The lowest BCUT2D eigenvalue weighted by molar-refractivity contribution is -0.788. The van der Waals surface area contributed by atoms with E-state index >= 15 is 0 Å². The third kappa shape index (κ3) is 7.26. The summed E-state index contributed by atoms with van der Waals surface area (Å²) in [4.78, 5) is 29.5. The molecule has 20 heavy (non-hydrogen) atoms. The van der Waals surface area contributed by atoms with Crippen molar-refractivity contribution in [2.24, 2.45) is 0 Å². The first-order valence-corrected chi connectivity index (χ1v) is 7.80. The van der Waals surface area contributed by atoms with Gasteiger partial charge in [-0.25, -0.2) is 0 Å². The first-order valence-electron chi connectivity index (χ1n) is 5.11. The van der Waals surface area contributed by atoms with Crippen LogP contribution in [0, 0.1) is 20.2 Å². The number of benzene rings is 1. The van der Waals surface area contributed by atoms with Gasteiger partial charge in [0.2, 0.25) is 0 Å². The second kappa shape index (κ2) is 8.72. The van der Waals surface area contributed by atoms with Crippen LogP contribution in [0.25, 0.3) is 0 Å². The van der Waals surface area contributed by atoms with Gasteiger partial charge in [0.1, 0.15) is 12.7 Å². The highest BCUT2D eigenvalue weighted by atomic mass is 35.5. The van der Waals surface area contributed by atoms with Gasteiger partial charge in [0.25, 0.3) is 10.2 Å². The van der Waals surface area contributed by atoms with Crippen molar-refractivity contribution in [3.63, 3.8) is 0 Å². The average Bonchev–Trinajstić information content (AvgIpc) is 2.35. The van der Waals surface area contributed by atoms with Crippen LogP contribution in [0.5, 0.6) is 0 Å². The molecular formula is C9H9ClN2O6S2. The molecule has 0 aromatic heterocycles. The topological polar surface area (TPSA) is 105 Å². The van der Waals surface area contributed by atoms with Gasteiger partial charge in [-0.1, -0.05) is 39.3 Å². The van der Waals surface area contributed by atoms with E-state index < -0.39 is 22.9 Å². The van der Waals surface area contributed by atoms with E-state index in [1.165, 1.54) is 21.6 Å². The van der Waals surface area contributed by atoms with Crippen molar-refractivity contribution in [1.82, 2.24) is 0 Å². The van der Waals surface area contributed by atoms with Crippen LogP contribution in [0.3, 0.4) is 0 Å². The monoisotopic (exact) mass is 340 g/mol. The SMILES string of the molecule is O=[N+]([O-])OCC(CSSc1cccc(Cl)c1)O[N+](=O)[O-]. The number of rotatable bonds is 9. The van der Waals surface area contributed by atoms with E-state index in [9.17, 15) is 20.2 Å². The van der Waals surface area contributed by atoms with Crippen molar-refractivity contribution in [1.29, 1.82) is 0 Å². The molecular weight excluding hydrogens is 332 g/mol. The maximum absolute atomic E-state index is 10.3. The summed E-state index contributed by atoms with van der Waals surface area (Å²) in [6.07, 6.45) is -1.02. The molecule has 1 atom stereocenters. The Morgan fingerprint density at radius 2 is 2.05 bits per heavy atom. The Bertz CT molecular complexity index is 478. The molecule has 11 heteroatoms. The van der Waals surface area contributed by atoms with Crippen molar-refractivity contribution in [3.05, 3.63) is 49.5 Å². The highest BCUT2D eigenvalue weighted by Crippen LogP contribution is 2.33. The van der Waals surface area contributed by atoms with Gasteiger partial charge >= 0.3 is 0 Å². The Hall–Kier alpha value is -1.39. The van der Waals surface area contributed by atoms with E-state index in [1.807, 2.05) is 6.07 Å². The minimum atomic E-state index is -1.02. The molecule has 0 saturated carbocycles. The third-order valence-corrected chi connectivity index (χ3v) is 4.45. The number of nitrogens with zero attached hydrogens (tertiary/aromatic N) is 2. The van der Waals surface area contributed by atoms with Crippen molar-refractivity contribution in [2.75, 3.05) is 12.4 Å². The summed E-state index contributed by atoms with van der Waals surface area (Å²) < 4.78 is 0. The van der Waals surface area contributed by atoms with Gasteiger partial charge in [0, 0.05) is 15.7 Å². The zero-order valence-electron chi connectivity index (χ0n) is 9.84. The molecule has 0 saturated heterocycles. The molecule has 1 aromatic carbocycles. The summed E-state index contributed by atoms with van der Waals surface area (Å²) in [7, 11) is 2.57. The van der Waals surface area contributed by atoms with E-state index in [0.29, 0.717) is 5.02 Å². The van der Waals surface area contributed by atoms with Gasteiger partial charge in [-0.2, -0.15) is 0 Å². The Balaban J connectivity index is 2.40. The maximum Gasteiger partial charge on any atom is 0.294 e. The van der Waals surface area contributed by atoms with Crippen LogP contribution in [0.4, 0.5) is 0 Å². The largest absolute Gasteiger partial charge is 0.312 e. The number of halogens is 1. The predicted octanol–water partition coefficient (Wildman–Crippen LogP) is 2.87. The molecule has 0 bridgehead atoms. The highest BCUT2D eigenvalue weighted by Gasteiger charge is 2.16. The molecule has 8 nitrogen and oxygen atoms in total. The summed E-state index contributed by atoms with van der Waals surface area (Å²) >= 11 is 5.81. The standard InChI is InChI=1S/C9H9ClN2O6S2/c10-7-2-1-3-9(4-7)20-19-6-8(18-12(15)16)5-17-11(13)14/h1-4,8H,5-6H2. The predicted molar refractivity (Wildman–Crippen MR) is 74.6 cm³/mol. The maximum atomic E-state index is 10.3. The molecule has 1 unspecified atom stereocenters. The third-order valence-electron chi connectivity index (χ3n) is 1.81. The Labute approximate surface area is 126 Å². The summed E-state index contributed by atoms with van der Waals surface area (Å²) in [5, 5.41) is 18.9. The van der Waals surface area contributed by atoms with Crippen LogP contribution in [0.15, 0.2) is 29.2 Å². The summed E-state index contributed by atoms with van der Waals surface area (Å²) in [6.45, 7) is -0.503. The zero-order chi connectivity index (χ0) is 15.0. The average molecular weight is 341 g/mol. The van der Waals surface area contributed by atoms with Crippen LogP contribution >= 0.6 is 33.2 Å². The molecule has 0 heterocycles. The molecule has 0 amide bonds. The van der Waals surface area contributed by atoms with Gasteiger partial charge in [0.05, 0.1) is 0 Å². The van der Waals surface area contributed by atoms with E-state index in [4.69, 9.17) is 11.6 Å². The molecule has 0 aliphatic carbocycles. The molecule has 0 N–H and O–H groups in total. The van der Waals surface area contributed by atoms with Crippen LogP contribution in [0.2, 0.25) is 5.02 Å². The molecule has 0 fully saturated rings. The Morgan fingerprint density at radius 1 is 1.30 bits per heavy atom. The minimum Gasteiger partial charge on any atom is -0.312 e. The Kier molecular flexibility index (Phi) is 7.26. The van der Waals surface area contributed by atoms with Crippen LogP contribution in [-0.4, -0.2) is 28.6 Å². The lowest BCUT2D eigenvalue weighted by Crippen LogP contribution is -2.26. The summed E-state index contributed by atoms with van der Waals surface area (Å²) in [6, 6.07) is 7.04. The first-order chi connectivity index (χ1) is 9.47. The van der Waals surface area contributed by atoms with E-state index in [1.54, 1.807) is 18.2 Å². The molecule has 1 aromatic rings. The summed E-state index contributed by atoms with van der Waals surface area (Å²) in [5.41, 5.74) is 0. The number of hydrogen-bond acceptors (Lipinski definition) is 8. The minimum absolute atomic E-state index is 0.145. The van der Waals surface area contributed by atoms with Crippen LogP contribution in [-0.2, 0) is 9.68 Å². The molecule has 1 rings (SSSR count). The quantitative estimate of drug-likeness (QED) is 0.384. The molecule has 0 spiro atoms. The summed E-state index contributed by atoms with van der Waals surface area (Å²) in [5.74, 6) is 0.145. The van der Waals surface area contributed by atoms with E-state index in [-0.39, 0.29) is 5.75 Å². The fraction of sp³-hybridized carbons (Fsp3) is 0.333. The van der Waals surface area contributed by atoms with Crippen molar-refractivity contribution in [2.45, 2.75) is 11.0 Å². The second-order valence-electron chi connectivity index (χ2n) is 3.30. The van der Waals surface area contributed by atoms with Crippen LogP contribution < -0.4 is 0 Å². The lowest BCUT2D eigenvalue weighted by Gasteiger charge is -2.12. The normalized spacial score (nSPS) is 11.7.